The lowest BCUT2D eigenvalue weighted by molar-refractivity contribution is -0.124. The summed E-state index contributed by atoms with van der Waals surface area (Å²) >= 11 is 0. The van der Waals surface area contributed by atoms with Gasteiger partial charge in [-0.05, 0) is 25.0 Å². The molecule has 0 saturated heterocycles. The number of carbonyl (C=O) groups is 2. The topological polar surface area (TPSA) is 82.1 Å². The minimum absolute atomic E-state index is 0.0403. The van der Waals surface area contributed by atoms with Gasteiger partial charge in [-0.3, -0.25) is 4.79 Å². The van der Waals surface area contributed by atoms with Crippen molar-refractivity contribution in [2.75, 3.05) is 32.6 Å². The molecule has 1 aromatic rings. The van der Waals surface area contributed by atoms with E-state index in [1.165, 1.54) is 7.05 Å². The van der Waals surface area contributed by atoms with Crippen molar-refractivity contribution < 1.29 is 19.5 Å². The summed E-state index contributed by atoms with van der Waals surface area (Å²) in [5, 5.41) is 12.8. The number of nitrogens with zero attached hydrogens (tertiary/aromatic N) is 2. The number of ether oxygens (including phenoxy) is 1. The van der Waals surface area contributed by atoms with Crippen LogP contribution in [-0.2, 0) is 10.2 Å². The molecule has 7 heteroatoms. The lowest BCUT2D eigenvalue weighted by Gasteiger charge is -2.24. The largest absolute Gasteiger partial charge is 0.412 e. The molecule has 7 nitrogen and oxygen atoms in total. The Morgan fingerprint density at radius 1 is 1.50 bits per heavy atom. The molecule has 0 bridgehead atoms. The second-order valence-corrected chi connectivity index (χ2v) is 5.65. The fourth-order valence-corrected chi connectivity index (χ4v) is 2.70. The average Bonchev–Trinajstić information content (AvgIpc) is 2.67. The number of nitrogens with one attached hydrogen (secondary N) is 1. The van der Waals surface area contributed by atoms with Crippen LogP contribution in [-0.4, -0.2) is 50.0 Å². The molecule has 22 heavy (non-hydrogen) atoms. The van der Waals surface area contributed by atoms with E-state index in [2.05, 4.69) is 5.32 Å². The molecule has 2 N–H and O–H groups in total. The lowest BCUT2D eigenvalue weighted by atomic mass is 9.80. The van der Waals surface area contributed by atoms with Gasteiger partial charge in [-0.25, -0.2) is 4.79 Å². The van der Waals surface area contributed by atoms with Crippen LogP contribution in [0.2, 0.25) is 0 Å². The number of likely N-dealkylation sites (N-methyl/N-ethyl adjacent to an activating group) is 1. The molecule has 0 fully saturated rings. The highest BCUT2D eigenvalue weighted by atomic mass is 16.6. The number of rotatable bonds is 4. The van der Waals surface area contributed by atoms with E-state index in [0.717, 1.165) is 16.3 Å². The Bertz CT molecular complexity index is 602. The smallest absolute Gasteiger partial charge is 0.410 e. The Kier molecular flexibility index (Phi) is 4.39. The summed E-state index contributed by atoms with van der Waals surface area (Å²) in [7, 11) is 4.72. The molecule has 0 aliphatic carbocycles. The number of hydroxylamine groups is 2. The van der Waals surface area contributed by atoms with Gasteiger partial charge in [0.15, 0.2) is 0 Å². The second-order valence-electron chi connectivity index (χ2n) is 5.65. The van der Waals surface area contributed by atoms with E-state index < -0.39 is 11.5 Å². The maximum Gasteiger partial charge on any atom is 0.412 e. The molecule has 1 atom stereocenters. The summed E-state index contributed by atoms with van der Waals surface area (Å²) in [5.41, 5.74) is 0.882. The predicted molar refractivity (Wildman–Crippen MR) is 81.3 cm³/mol. The van der Waals surface area contributed by atoms with Crippen molar-refractivity contribution in [1.29, 1.82) is 0 Å². The summed E-state index contributed by atoms with van der Waals surface area (Å²) in [6.07, 6.45) is -0.0668. The lowest BCUT2D eigenvalue weighted by Crippen LogP contribution is -2.38. The van der Waals surface area contributed by atoms with Crippen molar-refractivity contribution in [3.63, 3.8) is 0 Å². The molecule has 2 amide bonds. The van der Waals surface area contributed by atoms with Crippen molar-refractivity contribution in [2.24, 2.45) is 0 Å². The highest BCUT2D eigenvalue weighted by Gasteiger charge is 2.45. The van der Waals surface area contributed by atoms with Crippen LogP contribution in [0.25, 0.3) is 0 Å². The van der Waals surface area contributed by atoms with Crippen LogP contribution in [0, 0.1) is 0 Å². The number of hydrogen-bond donors (Lipinski definition) is 2. The predicted octanol–water partition coefficient (Wildman–Crippen LogP) is 1.35. The number of fused-ring (bicyclic) bond motifs is 1. The molecule has 0 aromatic heterocycles. The molecule has 0 saturated carbocycles. The first-order valence-electron chi connectivity index (χ1n) is 7.02. The van der Waals surface area contributed by atoms with Gasteiger partial charge in [-0.1, -0.05) is 6.07 Å². The zero-order chi connectivity index (χ0) is 16.5. The highest BCUT2D eigenvalue weighted by molar-refractivity contribution is 6.07. The zero-order valence-corrected chi connectivity index (χ0v) is 13.2. The molecule has 1 aliphatic rings. The van der Waals surface area contributed by atoms with Crippen molar-refractivity contribution in [3.05, 3.63) is 23.8 Å². The molecule has 1 unspecified atom stereocenters. The number of carbonyl (C=O) groups excluding carboxylic acids is 2. The van der Waals surface area contributed by atoms with Gasteiger partial charge in [0.1, 0.15) is 5.75 Å². The van der Waals surface area contributed by atoms with Crippen LogP contribution < -0.4 is 15.0 Å². The van der Waals surface area contributed by atoms with Crippen molar-refractivity contribution in [2.45, 2.75) is 18.8 Å². The summed E-state index contributed by atoms with van der Waals surface area (Å²) in [5.74, 6) is 0.336. The molecule has 0 spiro atoms. The van der Waals surface area contributed by atoms with Gasteiger partial charge < -0.3 is 20.2 Å². The van der Waals surface area contributed by atoms with Gasteiger partial charge in [0, 0.05) is 33.8 Å². The first-order valence-corrected chi connectivity index (χ1v) is 7.02. The van der Waals surface area contributed by atoms with Gasteiger partial charge in [0.2, 0.25) is 5.91 Å². The molecule has 2 rings (SSSR count). The molecule has 120 valence electrons. The fourth-order valence-electron chi connectivity index (χ4n) is 2.70. The van der Waals surface area contributed by atoms with Crippen LogP contribution in [0.3, 0.4) is 0 Å². The van der Waals surface area contributed by atoms with Crippen molar-refractivity contribution in [3.8, 4) is 5.75 Å². The summed E-state index contributed by atoms with van der Waals surface area (Å²) < 4.78 is 5.10. The standard InChI is InChI=1S/C15H21N3O4/c1-15(7-8-17(3)21)11-6-5-10(22-14(20)16-2)9-12(11)18(4)13(15)19/h5-6,9,21H,7-8H2,1-4H3,(H,16,20). The van der Waals surface area contributed by atoms with E-state index in [1.54, 1.807) is 37.2 Å². The van der Waals surface area contributed by atoms with E-state index in [9.17, 15) is 14.8 Å². The average molecular weight is 307 g/mol. The second kappa shape index (κ2) is 5.94. The van der Waals surface area contributed by atoms with Crippen LogP contribution in [0.1, 0.15) is 18.9 Å². The number of amides is 2. The van der Waals surface area contributed by atoms with Crippen LogP contribution in [0.15, 0.2) is 18.2 Å². The minimum Gasteiger partial charge on any atom is -0.410 e. The number of anilines is 1. The normalized spacial score (nSPS) is 20.3. The Balaban J connectivity index is 2.34. The summed E-state index contributed by atoms with van der Waals surface area (Å²) in [6, 6.07) is 5.14. The Morgan fingerprint density at radius 3 is 2.77 bits per heavy atom. The van der Waals surface area contributed by atoms with E-state index in [1.807, 2.05) is 6.92 Å². The Labute approximate surface area is 129 Å². The SMILES string of the molecule is CNC(=O)Oc1ccc2c(c1)N(C)C(=O)C2(C)CCN(C)O. The summed E-state index contributed by atoms with van der Waals surface area (Å²) in [4.78, 5) is 25.4. The molecule has 1 aliphatic heterocycles. The fraction of sp³-hybridized carbons (Fsp3) is 0.467. The maximum atomic E-state index is 12.6. The molecule has 0 radical (unpaired) electrons. The monoisotopic (exact) mass is 307 g/mol. The highest BCUT2D eigenvalue weighted by Crippen LogP contribution is 2.44. The Hall–Kier alpha value is -2.12. The van der Waals surface area contributed by atoms with Crippen LogP contribution in [0.5, 0.6) is 5.75 Å². The van der Waals surface area contributed by atoms with Gasteiger partial charge in [0.05, 0.1) is 11.1 Å². The third-order valence-electron chi connectivity index (χ3n) is 4.05. The van der Waals surface area contributed by atoms with Crippen LogP contribution in [0.4, 0.5) is 10.5 Å². The molecule has 1 heterocycles. The number of hydrogen-bond acceptors (Lipinski definition) is 5. The van der Waals surface area contributed by atoms with Gasteiger partial charge >= 0.3 is 6.09 Å². The van der Waals surface area contributed by atoms with Gasteiger partial charge in [-0.2, -0.15) is 5.06 Å². The van der Waals surface area contributed by atoms with E-state index >= 15 is 0 Å². The third kappa shape index (κ3) is 2.77. The zero-order valence-electron chi connectivity index (χ0n) is 13.2. The van der Waals surface area contributed by atoms with E-state index in [4.69, 9.17) is 4.74 Å². The first kappa shape index (κ1) is 16.3. The first-order chi connectivity index (χ1) is 10.3. The van der Waals surface area contributed by atoms with Crippen molar-refractivity contribution >= 4 is 17.7 Å². The quantitative estimate of drug-likeness (QED) is 0.821. The van der Waals surface area contributed by atoms with Crippen molar-refractivity contribution in [1.82, 2.24) is 10.4 Å². The van der Waals surface area contributed by atoms with E-state index in [0.29, 0.717) is 18.7 Å². The number of benzene rings is 1. The maximum absolute atomic E-state index is 12.6. The minimum atomic E-state index is -0.702. The third-order valence-corrected chi connectivity index (χ3v) is 4.05. The van der Waals surface area contributed by atoms with Gasteiger partial charge in [-0.15, -0.1) is 0 Å². The molecular formula is C15H21N3O4. The van der Waals surface area contributed by atoms with Crippen LogP contribution >= 0.6 is 0 Å². The molecule has 1 aromatic carbocycles. The summed E-state index contributed by atoms with van der Waals surface area (Å²) in [6.45, 7) is 2.24. The van der Waals surface area contributed by atoms with Gasteiger partial charge in [0.25, 0.3) is 0 Å². The van der Waals surface area contributed by atoms with E-state index in [-0.39, 0.29) is 5.91 Å². The molecular weight excluding hydrogens is 286 g/mol. The Morgan fingerprint density at radius 2 is 2.18 bits per heavy atom.